The molecule has 0 spiro atoms. The molecule has 2 rings (SSSR count). The highest BCUT2D eigenvalue weighted by molar-refractivity contribution is 6.39. The van der Waals surface area contributed by atoms with E-state index in [1.54, 1.807) is 0 Å². The fourth-order valence-electron chi connectivity index (χ4n) is 2.49. The number of Topliss-reactive ketones (excluding diaryl/α,β-unsaturated/α-hetero) is 1. The number of carbonyl (C=O) groups is 1. The van der Waals surface area contributed by atoms with E-state index in [-0.39, 0.29) is 27.6 Å². The fraction of sp³-hybridized carbons (Fsp3) is 0.462. The lowest BCUT2D eigenvalue weighted by molar-refractivity contribution is -0.384. The molecule has 0 N–H and O–H groups in total. The van der Waals surface area contributed by atoms with Crippen molar-refractivity contribution in [1.82, 2.24) is 0 Å². The van der Waals surface area contributed by atoms with Crippen LogP contribution in [0.3, 0.4) is 0 Å². The van der Waals surface area contributed by atoms with Crippen LogP contribution in [-0.4, -0.2) is 23.8 Å². The lowest BCUT2D eigenvalue weighted by atomic mass is 9.93. The van der Waals surface area contributed by atoms with Crippen molar-refractivity contribution in [3.63, 3.8) is 0 Å². The Kier molecular flexibility index (Phi) is 4.50. The van der Waals surface area contributed by atoms with Crippen molar-refractivity contribution < 1.29 is 9.72 Å². The summed E-state index contributed by atoms with van der Waals surface area (Å²) in [6.45, 7) is 0. The van der Waals surface area contributed by atoms with Crippen molar-refractivity contribution in [2.24, 2.45) is 0 Å². The van der Waals surface area contributed by atoms with Crippen LogP contribution in [0.25, 0.3) is 0 Å². The van der Waals surface area contributed by atoms with E-state index >= 15 is 0 Å². The number of carbonyl (C=O) groups excluding carboxylic acids is 1. The summed E-state index contributed by atoms with van der Waals surface area (Å²) in [6, 6.07) is 2.77. The first kappa shape index (κ1) is 15.1. The molecule has 1 aliphatic carbocycles. The molecule has 0 atom stereocenters. The highest BCUT2D eigenvalue weighted by atomic mass is 35.5. The Morgan fingerprint density at radius 1 is 1.25 bits per heavy atom. The summed E-state index contributed by atoms with van der Waals surface area (Å²) in [4.78, 5) is 23.4. The predicted octanol–water partition coefficient (Wildman–Crippen LogP) is 3.85. The molecule has 108 valence electrons. The van der Waals surface area contributed by atoms with Crippen LogP contribution in [0, 0.1) is 10.1 Å². The van der Waals surface area contributed by atoms with Crippen molar-refractivity contribution >= 4 is 40.4 Å². The maximum Gasteiger partial charge on any atom is 0.272 e. The van der Waals surface area contributed by atoms with E-state index in [1.807, 2.05) is 11.9 Å². The minimum absolute atomic E-state index is 0.129. The number of ketones is 1. The second-order valence-electron chi connectivity index (χ2n) is 4.90. The summed E-state index contributed by atoms with van der Waals surface area (Å²) >= 11 is 12.2. The standard InChI is InChI=1S/C13H14Cl2N2O3/c1-16(8-2-4-10(18)5-3-8)13-11(14)6-9(17(19)20)7-12(13)15/h6-8H,2-5H2,1H3. The van der Waals surface area contributed by atoms with E-state index in [2.05, 4.69) is 0 Å². The highest BCUT2D eigenvalue weighted by Crippen LogP contribution is 2.39. The molecule has 0 bridgehead atoms. The second-order valence-corrected chi connectivity index (χ2v) is 5.71. The molecule has 7 heteroatoms. The molecule has 0 aromatic heterocycles. The number of hydrogen-bond donors (Lipinski definition) is 0. The Morgan fingerprint density at radius 2 is 1.75 bits per heavy atom. The van der Waals surface area contributed by atoms with Gasteiger partial charge in [0.2, 0.25) is 0 Å². The van der Waals surface area contributed by atoms with Gasteiger partial charge < -0.3 is 4.90 Å². The number of anilines is 1. The third-order valence-electron chi connectivity index (χ3n) is 3.63. The topological polar surface area (TPSA) is 63.4 Å². The van der Waals surface area contributed by atoms with Gasteiger partial charge in [-0.25, -0.2) is 0 Å². The minimum Gasteiger partial charge on any atom is -0.369 e. The van der Waals surface area contributed by atoms with E-state index in [9.17, 15) is 14.9 Å². The molecule has 0 aliphatic heterocycles. The van der Waals surface area contributed by atoms with Gasteiger partial charge in [0.25, 0.3) is 5.69 Å². The third kappa shape index (κ3) is 3.04. The van der Waals surface area contributed by atoms with Gasteiger partial charge in [0.05, 0.1) is 20.7 Å². The van der Waals surface area contributed by atoms with Crippen LogP contribution in [0.15, 0.2) is 12.1 Å². The molecular weight excluding hydrogens is 303 g/mol. The summed E-state index contributed by atoms with van der Waals surface area (Å²) in [5.41, 5.74) is 0.453. The first-order valence-corrected chi connectivity index (χ1v) is 7.03. The Morgan fingerprint density at radius 3 is 2.20 bits per heavy atom. The quantitative estimate of drug-likeness (QED) is 0.627. The molecule has 0 radical (unpaired) electrons. The monoisotopic (exact) mass is 316 g/mol. The van der Waals surface area contributed by atoms with Crippen LogP contribution in [0.2, 0.25) is 10.0 Å². The molecule has 1 fully saturated rings. The molecule has 1 aromatic rings. The zero-order valence-corrected chi connectivity index (χ0v) is 12.4. The van der Waals surface area contributed by atoms with E-state index in [0.29, 0.717) is 18.5 Å². The summed E-state index contributed by atoms with van der Waals surface area (Å²) in [5, 5.41) is 11.3. The van der Waals surface area contributed by atoms with Gasteiger partial charge in [0.1, 0.15) is 5.78 Å². The van der Waals surface area contributed by atoms with Gasteiger partial charge in [-0.3, -0.25) is 14.9 Å². The lowest BCUT2D eigenvalue weighted by Gasteiger charge is -2.33. The van der Waals surface area contributed by atoms with Gasteiger partial charge in [0.15, 0.2) is 0 Å². The van der Waals surface area contributed by atoms with Crippen LogP contribution in [0.5, 0.6) is 0 Å². The highest BCUT2D eigenvalue weighted by Gasteiger charge is 2.26. The minimum atomic E-state index is -0.527. The maximum atomic E-state index is 11.3. The van der Waals surface area contributed by atoms with Crippen molar-refractivity contribution in [2.45, 2.75) is 31.7 Å². The molecule has 0 amide bonds. The molecule has 1 aromatic carbocycles. The number of nitrogens with zero attached hydrogens (tertiary/aromatic N) is 2. The number of nitro benzene ring substituents is 1. The van der Waals surface area contributed by atoms with Crippen LogP contribution < -0.4 is 4.90 Å². The first-order chi connectivity index (χ1) is 9.40. The smallest absolute Gasteiger partial charge is 0.272 e. The Hall–Kier alpha value is -1.33. The molecule has 0 saturated heterocycles. The number of non-ortho nitro benzene ring substituents is 1. The van der Waals surface area contributed by atoms with Gasteiger partial charge in [-0.15, -0.1) is 0 Å². The molecule has 5 nitrogen and oxygen atoms in total. The summed E-state index contributed by atoms with van der Waals surface area (Å²) in [6.07, 6.45) is 2.60. The van der Waals surface area contributed by atoms with Crippen molar-refractivity contribution in [3.05, 3.63) is 32.3 Å². The van der Waals surface area contributed by atoms with Crippen LogP contribution in [-0.2, 0) is 4.79 Å². The molecular formula is C13H14Cl2N2O3. The number of hydrogen-bond acceptors (Lipinski definition) is 4. The largest absolute Gasteiger partial charge is 0.369 e. The number of benzene rings is 1. The Labute approximate surface area is 126 Å². The third-order valence-corrected chi connectivity index (χ3v) is 4.20. The summed E-state index contributed by atoms with van der Waals surface area (Å²) < 4.78 is 0. The van der Waals surface area contributed by atoms with Crippen molar-refractivity contribution in [3.8, 4) is 0 Å². The molecule has 0 heterocycles. The SMILES string of the molecule is CN(c1c(Cl)cc([N+](=O)[O-])cc1Cl)C1CCC(=O)CC1. The number of halogens is 2. The fourth-order valence-corrected chi connectivity index (χ4v) is 3.23. The van der Waals surface area contributed by atoms with Gasteiger partial charge in [-0.05, 0) is 12.8 Å². The van der Waals surface area contributed by atoms with E-state index < -0.39 is 4.92 Å². The summed E-state index contributed by atoms with van der Waals surface area (Å²) in [5.74, 6) is 0.274. The Bertz CT molecular complexity index is 530. The summed E-state index contributed by atoms with van der Waals surface area (Å²) in [7, 11) is 1.85. The maximum absolute atomic E-state index is 11.3. The molecule has 1 saturated carbocycles. The van der Waals surface area contributed by atoms with Gasteiger partial charge in [-0.1, -0.05) is 23.2 Å². The second kappa shape index (κ2) is 5.97. The van der Waals surface area contributed by atoms with Gasteiger partial charge in [0, 0.05) is 38.1 Å². The van der Waals surface area contributed by atoms with Crippen LogP contribution in [0.1, 0.15) is 25.7 Å². The molecule has 20 heavy (non-hydrogen) atoms. The van der Waals surface area contributed by atoms with E-state index in [4.69, 9.17) is 23.2 Å². The number of nitro groups is 1. The van der Waals surface area contributed by atoms with Crippen LogP contribution >= 0.6 is 23.2 Å². The lowest BCUT2D eigenvalue weighted by Crippen LogP contribution is -2.35. The normalized spacial score (nSPS) is 16.2. The average Bonchev–Trinajstić information content (AvgIpc) is 2.38. The molecule has 1 aliphatic rings. The van der Waals surface area contributed by atoms with E-state index in [0.717, 1.165) is 12.8 Å². The predicted molar refractivity (Wildman–Crippen MR) is 78.8 cm³/mol. The first-order valence-electron chi connectivity index (χ1n) is 6.28. The van der Waals surface area contributed by atoms with Gasteiger partial charge in [-0.2, -0.15) is 0 Å². The average molecular weight is 317 g/mol. The van der Waals surface area contributed by atoms with Crippen molar-refractivity contribution in [1.29, 1.82) is 0 Å². The van der Waals surface area contributed by atoms with Crippen LogP contribution in [0.4, 0.5) is 11.4 Å². The zero-order valence-electron chi connectivity index (χ0n) is 10.9. The van der Waals surface area contributed by atoms with Crippen molar-refractivity contribution in [2.75, 3.05) is 11.9 Å². The molecule has 0 unspecified atom stereocenters. The number of rotatable bonds is 3. The Balaban J connectivity index is 2.28. The van der Waals surface area contributed by atoms with E-state index in [1.165, 1.54) is 12.1 Å². The van der Waals surface area contributed by atoms with Gasteiger partial charge >= 0.3 is 0 Å². The zero-order chi connectivity index (χ0) is 14.9.